The van der Waals surface area contributed by atoms with E-state index in [1.165, 1.54) is 14.2 Å². The van der Waals surface area contributed by atoms with Crippen LogP contribution < -0.4 is 0 Å². The van der Waals surface area contributed by atoms with Gasteiger partial charge in [0.25, 0.3) is 0 Å². The standard InChI is InChI=1S/C24H20N2O4/c1-29-23(27)18-19(24(28)30-2)22-20-16(15-10-6-7-11-17(15)25-20)12-13-26(22)21(18)14-8-4-3-5-9-14/h3-11,25H,12-13H2,1-2H3. The molecule has 4 aromatic rings. The molecule has 6 heteroatoms. The Labute approximate surface area is 173 Å². The first-order valence-corrected chi connectivity index (χ1v) is 9.74. The Morgan fingerprint density at radius 2 is 1.50 bits per heavy atom. The van der Waals surface area contributed by atoms with E-state index in [2.05, 4.69) is 11.1 Å². The molecule has 1 N–H and O–H groups in total. The van der Waals surface area contributed by atoms with Gasteiger partial charge in [0.1, 0.15) is 11.1 Å². The van der Waals surface area contributed by atoms with Crippen LogP contribution >= 0.6 is 0 Å². The highest BCUT2D eigenvalue weighted by Crippen LogP contribution is 2.43. The molecule has 0 saturated carbocycles. The first-order valence-electron chi connectivity index (χ1n) is 9.74. The van der Waals surface area contributed by atoms with Crippen molar-refractivity contribution in [1.29, 1.82) is 0 Å². The van der Waals surface area contributed by atoms with E-state index in [4.69, 9.17) is 9.47 Å². The summed E-state index contributed by atoms with van der Waals surface area (Å²) in [6.07, 6.45) is 0.780. The monoisotopic (exact) mass is 400 g/mol. The number of carbonyl (C=O) groups is 2. The molecule has 2 aromatic heterocycles. The van der Waals surface area contributed by atoms with E-state index in [9.17, 15) is 9.59 Å². The number of hydrogen-bond acceptors (Lipinski definition) is 4. The molecule has 1 aliphatic rings. The van der Waals surface area contributed by atoms with Crippen LogP contribution in [0.25, 0.3) is 33.5 Å². The Morgan fingerprint density at radius 3 is 2.20 bits per heavy atom. The summed E-state index contributed by atoms with van der Waals surface area (Å²) >= 11 is 0. The topological polar surface area (TPSA) is 73.3 Å². The number of carbonyl (C=O) groups excluding carboxylic acids is 2. The molecule has 0 atom stereocenters. The van der Waals surface area contributed by atoms with Crippen molar-refractivity contribution < 1.29 is 19.1 Å². The molecule has 0 saturated heterocycles. The van der Waals surface area contributed by atoms with Gasteiger partial charge in [-0.15, -0.1) is 0 Å². The summed E-state index contributed by atoms with van der Waals surface area (Å²) in [7, 11) is 2.65. The van der Waals surface area contributed by atoms with Gasteiger partial charge >= 0.3 is 11.9 Å². The molecule has 5 rings (SSSR count). The first-order chi connectivity index (χ1) is 14.7. The summed E-state index contributed by atoms with van der Waals surface area (Å²) in [5, 5.41) is 1.12. The number of aromatic nitrogens is 2. The lowest BCUT2D eigenvalue weighted by atomic mass is 9.99. The van der Waals surface area contributed by atoms with Crippen molar-refractivity contribution in [2.75, 3.05) is 14.2 Å². The molecule has 3 heterocycles. The van der Waals surface area contributed by atoms with E-state index in [1.807, 2.05) is 53.1 Å². The van der Waals surface area contributed by atoms with E-state index in [1.54, 1.807) is 0 Å². The van der Waals surface area contributed by atoms with Crippen LogP contribution in [0.4, 0.5) is 0 Å². The van der Waals surface area contributed by atoms with Crippen LogP contribution in [0.3, 0.4) is 0 Å². The molecule has 0 radical (unpaired) electrons. The maximum absolute atomic E-state index is 12.9. The van der Waals surface area contributed by atoms with Crippen molar-refractivity contribution in [3.05, 3.63) is 71.3 Å². The smallest absolute Gasteiger partial charge is 0.341 e. The Hall–Kier alpha value is -3.80. The third kappa shape index (κ3) is 2.50. The number of esters is 2. The third-order valence-corrected chi connectivity index (χ3v) is 5.73. The highest BCUT2D eigenvalue weighted by molar-refractivity contribution is 6.13. The van der Waals surface area contributed by atoms with E-state index in [0.717, 1.165) is 34.1 Å². The van der Waals surface area contributed by atoms with E-state index in [0.29, 0.717) is 17.9 Å². The number of nitrogens with one attached hydrogen (secondary N) is 1. The number of H-pyrrole nitrogens is 1. The molecular formula is C24H20N2O4. The number of ether oxygens (including phenoxy) is 2. The summed E-state index contributed by atoms with van der Waals surface area (Å²) < 4.78 is 12.2. The van der Waals surface area contributed by atoms with Gasteiger partial charge in [0.05, 0.1) is 31.3 Å². The number of fused-ring (bicyclic) bond motifs is 5. The third-order valence-electron chi connectivity index (χ3n) is 5.73. The molecule has 6 nitrogen and oxygen atoms in total. The highest BCUT2D eigenvalue weighted by atomic mass is 16.5. The second-order valence-corrected chi connectivity index (χ2v) is 7.22. The summed E-state index contributed by atoms with van der Waals surface area (Å²) in [6.45, 7) is 0.634. The molecular weight excluding hydrogens is 380 g/mol. The van der Waals surface area contributed by atoms with Gasteiger partial charge in [-0.05, 0) is 23.6 Å². The Kier molecular flexibility index (Phi) is 4.20. The van der Waals surface area contributed by atoms with E-state index in [-0.39, 0.29) is 11.1 Å². The minimum atomic E-state index is -0.562. The number of aromatic amines is 1. The maximum atomic E-state index is 12.9. The molecule has 0 spiro atoms. The Bertz CT molecular complexity index is 1300. The minimum Gasteiger partial charge on any atom is -0.465 e. The molecule has 2 aromatic carbocycles. The van der Waals surface area contributed by atoms with Gasteiger partial charge in [-0.2, -0.15) is 0 Å². The van der Waals surface area contributed by atoms with Crippen molar-refractivity contribution in [3.8, 4) is 22.6 Å². The summed E-state index contributed by atoms with van der Waals surface area (Å²) in [4.78, 5) is 29.3. The summed E-state index contributed by atoms with van der Waals surface area (Å²) in [6, 6.07) is 17.6. The quantitative estimate of drug-likeness (QED) is 0.516. The van der Waals surface area contributed by atoms with Crippen LogP contribution in [0.5, 0.6) is 0 Å². The largest absolute Gasteiger partial charge is 0.465 e. The maximum Gasteiger partial charge on any atom is 0.341 e. The molecule has 0 aliphatic carbocycles. The predicted molar refractivity (Wildman–Crippen MR) is 114 cm³/mol. The number of nitrogens with zero attached hydrogens (tertiary/aromatic N) is 1. The number of hydrogen-bond donors (Lipinski definition) is 1. The summed E-state index contributed by atoms with van der Waals surface area (Å²) in [5.41, 5.74) is 5.61. The van der Waals surface area contributed by atoms with Crippen LogP contribution in [0.2, 0.25) is 0 Å². The molecule has 0 fully saturated rings. The van der Waals surface area contributed by atoms with Gasteiger partial charge in [-0.3, -0.25) is 0 Å². The SMILES string of the molecule is COC(=O)c1c(C(=O)OC)c2n(c1-c1ccccc1)CCc1c-2[nH]c2ccccc12. The van der Waals surface area contributed by atoms with Crippen LogP contribution in [-0.2, 0) is 22.4 Å². The van der Waals surface area contributed by atoms with Gasteiger partial charge in [0.2, 0.25) is 0 Å². The van der Waals surface area contributed by atoms with E-state index >= 15 is 0 Å². The second kappa shape index (κ2) is 6.91. The van der Waals surface area contributed by atoms with Crippen LogP contribution in [0.1, 0.15) is 26.3 Å². The molecule has 1 aliphatic heterocycles. The van der Waals surface area contributed by atoms with Gasteiger partial charge in [-0.25, -0.2) is 9.59 Å². The normalized spacial score (nSPS) is 12.3. The van der Waals surface area contributed by atoms with Gasteiger partial charge in [-0.1, -0.05) is 48.5 Å². The van der Waals surface area contributed by atoms with Crippen LogP contribution in [-0.4, -0.2) is 35.7 Å². The van der Waals surface area contributed by atoms with Crippen molar-refractivity contribution in [2.24, 2.45) is 0 Å². The van der Waals surface area contributed by atoms with Gasteiger partial charge in [0.15, 0.2) is 0 Å². The number of benzene rings is 2. The zero-order chi connectivity index (χ0) is 20.8. The average molecular weight is 400 g/mol. The fourth-order valence-corrected chi connectivity index (χ4v) is 4.49. The van der Waals surface area contributed by atoms with Crippen LogP contribution in [0.15, 0.2) is 54.6 Å². The predicted octanol–water partition coefficient (Wildman–Crippen LogP) is 4.43. The Balaban J connectivity index is 1.92. The lowest BCUT2D eigenvalue weighted by Crippen LogP contribution is -2.13. The molecule has 0 unspecified atom stereocenters. The van der Waals surface area contributed by atoms with E-state index < -0.39 is 11.9 Å². The van der Waals surface area contributed by atoms with Crippen molar-refractivity contribution in [1.82, 2.24) is 9.55 Å². The number of aryl methyl sites for hydroxylation is 1. The fourth-order valence-electron chi connectivity index (χ4n) is 4.49. The number of rotatable bonds is 3. The summed E-state index contributed by atoms with van der Waals surface area (Å²) in [5.74, 6) is -1.12. The number of methoxy groups -OCH3 is 2. The lowest BCUT2D eigenvalue weighted by molar-refractivity contribution is 0.0557. The second-order valence-electron chi connectivity index (χ2n) is 7.22. The Morgan fingerprint density at radius 1 is 0.867 bits per heavy atom. The zero-order valence-corrected chi connectivity index (χ0v) is 16.7. The fraction of sp³-hybridized carbons (Fsp3) is 0.167. The van der Waals surface area contributed by atoms with Crippen molar-refractivity contribution >= 4 is 22.8 Å². The van der Waals surface area contributed by atoms with Crippen molar-refractivity contribution in [2.45, 2.75) is 13.0 Å². The van der Waals surface area contributed by atoms with Crippen molar-refractivity contribution in [3.63, 3.8) is 0 Å². The molecule has 0 bridgehead atoms. The highest BCUT2D eigenvalue weighted by Gasteiger charge is 2.37. The average Bonchev–Trinajstić information content (AvgIpc) is 3.34. The van der Waals surface area contributed by atoms with Crippen LogP contribution in [0, 0.1) is 0 Å². The minimum absolute atomic E-state index is 0.232. The zero-order valence-electron chi connectivity index (χ0n) is 16.7. The van der Waals surface area contributed by atoms with Gasteiger partial charge < -0.3 is 19.0 Å². The molecule has 150 valence electrons. The number of para-hydroxylation sites is 1. The molecule has 0 amide bonds. The lowest BCUT2D eigenvalue weighted by Gasteiger charge is -2.20. The molecule has 30 heavy (non-hydrogen) atoms. The van der Waals surface area contributed by atoms with Gasteiger partial charge in [0, 0.05) is 17.4 Å². The first kappa shape index (κ1) is 18.2.